The van der Waals surface area contributed by atoms with Crippen molar-refractivity contribution >= 4 is 23.6 Å². The van der Waals surface area contributed by atoms with Gasteiger partial charge >= 0.3 is 0 Å². The zero-order valence-corrected chi connectivity index (χ0v) is 13.9. The molecule has 2 atom stereocenters. The first kappa shape index (κ1) is 15.4. The van der Waals surface area contributed by atoms with Crippen LogP contribution in [0.15, 0.2) is 24.3 Å². The number of carbonyl (C=O) groups excluding carboxylic acids is 2. The largest absolute Gasteiger partial charge is 0.341 e. The third-order valence-electron chi connectivity index (χ3n) is 4.65. The Bertz CT molecular complexity index is 567. The lowest BCUT2D eigenvalue weighted by Crippen LogP contribution is -2.42. The minimum Gasteiger partial charge on any atom is -0.341 e. The molecule has 1 aromatic rings. The smallest absolute Gasteiger partial charge is 0.228 e. The van der Waals surface area contributed by atoms with Crippen molar-refractivity contribution in [1.29, 1.82) is 0 Å². The van der Waals surface area contributed by atoms with Crippen molar-refractivity contribution in [1.82, 2.24) is 9.80 Å². The Morgan fingerprint density at radius 1 is 1.18 bits per heavy atom. The summed E-state index contributed by atoms with van der Waals surface area (Å²) in [6.07, 6.45) is 0.331. The summed E-state index contributed by atoms with van der Waals surface area (Å²) in [7, 11) is 1.81. The van der Waals surface area contributed by atoms with Gasteiger partial charge in [0.25, 0.3) is 0 Å². The van der Waals surface area contributed by atoms with Gasteiger partial charge in [-0.2, -0.15) is 11.8 Å². The van der Waals surface area contributed by atoms with Crippen LogP contribution in [0, 0.1) is 12.8 Å². The standard InChI is InChI=1S/C17H22N2O2S/c1-12-3-5-13(6-4-12)16-14(11-15(20)18(16)2)17(21)19-7-9-22-10-8-19/h3-6,14,16H,7-11H2,1-2H3/t14-,16-/m0/s1. The highest BCUT2D eigenvalue weighted by molar-refractivity contribution is 7.99. The highest BCUT2D eigenvalue weighted by Crippen LogP contribution is 2.38. The summed E-state index contributed by atoms with van der Waals surface area (Å²) in [6, 6.07) is 8.05. The molecule has 0 spiro atoms. The van der Waals surface area contributed by atoms with E-state index >= 15 is 0 Å². The fourth-order valence-electron chi connectivity index (χ4n) is 3.33. The molecule has 2 aliphatic rings. The molecule has 3 rings (SSSR count). The van der Waals surface area contributed by atoms with Crippen LogP contribution >= 0.6 is 11.8 Å². The molecule has 2 amide bonds. The van der Waals surface area contributed by atoms with Crippen LogP contribution in [0.5, 0.6) is 0 Å². The van der Waals surface area contributed by atoms with E-state index in [0.717, 1.165) is 30.2 Å². The molecule has 0 aromatic heterocycles. The number of benzene rings is 1. The third-order valence-corrected chi connectivity index (χ3v) is 5.59. The summed E-state index contributed by atoms with van der Waals surface area (Å²) >= 11 is 1.89. The second-order valence-electron chi connectivity index (χ2n) is 6.11. The van der Waals surface area contributed by atoms with E-state index in [1.165, 1.54) is 5.56 Å². The van der Waals surface area contributed by atoms with Gasteiger partial charge in [0.1, 0.15) is 0 Å². The fourth-order valence-corrected chi connectivity index (χ4v) is 4.23. The number of aryl methyl sites for hydroxylation is 1. The summed E-state index contributed by atoms with van der Waals surface area (Å²) < 4.78 is 0. The van der Waals surface area contributed by atoms with Crippen LogP contribution in [0.3, 0.4) is 0 Å². The van der Waals surface area contributed by atoms with Gasteiger partial charge in [0.15, 0.2) is 0 Å². The van der Waals surface area contributed by atoms with Crippen LogP contribution in [0.1, 0.15) is 23.6 Å². The number of rotatable bonds is 2. The van der Waals surface area contributed by atoms with E-state index in [1.54, 1.807) is 4.90 Å². The van der Waals surface area contributed by atoms with Crippen LogP contribution in [-0.2, 0) is 9.59 Å². The first-order valence-corrected chi connectivity index (χ1v) is 8.92. The number of nitrogens with zero attached hydrogens (tertiary/aromatic N) is 2. The molecule has 118 valence electrons. The van der Waals surface area contributed by atoms with E-state index in [-0.39, 0.29) is 23.8 Å². The molecule has 1 aromatic carbocycles. The topological polar surface area (TPSA) is 40.6 Å². The van der Waals surface area contributed by atoms with Gasteiger partial charge < -0.3 is 9.80 Å². The highest BCUT2D eigenvalue weighted by atomic mass is 32.2. The fraction of sp³-hybridized carbons (Fsp3) is 0.529. The molecule has 0 unspecified atom stereocenters. The predicted octanol–water partition coefficient (Wildman–Crippen LogP) is 2.09. The molecule has 5 heteroatoms. The molecule has 0 radical (unpaired) electrons. The van der Waals surface area contributed by atoms with Gasteiger partial charge in [0.05, 0.1) is 12.0 Å². The third kappa shape index (κ3) is 2.86. The number of carbonyl (C=O) groups is 2. The maximum Gasteiger partial charge on any atom is 0.228 e. The van der Waals surface area contributed by atoms with Crippen LogP contribution in [0.25, 0.3) is 0 Å². The Morgan fingerprint density at radius 3 is 2.45 bits per heavy atom. The monoisotopic (exact) mass is 318 g/mol. The average molecular weight is 318 g/mol. The molecule has 0 bridgehead atoms. The number of likely N-dealkylation sites (tertiary alicyclic amines) is 1. The molecular weight excluding hydrogens is 296 g/mol. The molecule has 2 fully saturated rings. The van der Waals surface area contributed by atoms with Gasteiger partial charge in [-0.15, -0.1) is 0 Å². The van der Waals surface area contributed by atoms with Crippen molar-refractivity contribution in [2.45, 2.75) is 19.4 Å². The zero-order valence-electron chi connectivity index (χ0n) is 13.1. The van der Waals surface area contributed by atoms with E-state index < -0.39 is 0 Å². The summed E-state index contributed by atoms with van der Waals surface area (Å²) in [5, 5.41) is 0. The average Bonchev–Trinajstić information content (AvgIpc) is 2.84. The van der Waals surface area contributed by atoms with Crippen molar-refractivity contribution in [3.05, 3.63) is 35.4 Å². The summed E-state index contributed by atoms with van der Waals surface area (Å²) in [5.41, 5.74) is 2.25. The number of thioether (sulfide) groups is 1. The molecule has 0 aliphatic carbocycles. The second-order valence-corrected chi connectivity index (χ2v) is 7.33. The van der Waals surface area contributed by atoms with Crippen molar-refractivity contribution in [2.75, 3.05) is 31.6 Å². The Morgan fingerprint density at radius 2 is 1.82 bits per heavy atom. The van der Waals surface area contributed by atoms with E-state index in [2.05, 4.69) is 0 Å². The quantitative estimate of drug-likeness (QED) is 0.838. The lowest BCUT2D eigenvalue weighted by Gasteiger charge is -2.32. The molecule has 2 heterocycles. The van der Waals surface area contributed by atoms with Crippen LogP contribution in [0.2, 0.25) is 0 Å². The Labute approximate surface area is 135 Å². The van der Waals surface area contributed by atoms with Crippen molar-refractivity contribution in [3.63, 3.8) is 0 Å². The Hall–Kier alpha value is -1.49. The molecule has 4 nitrogen and oxygen atoms in total. The van der Waals surface area contributed by atoms with Gasteiger partial charge in [-0.1, -0.05) is 29.8 Å². The highest BCUT2D eigenvalue weighted by Gasteiger charge is 2.44. The lowest BCUT2D eigenvalue weighted by atomic mass is 9.92. The van der Waals surface area contributed by atoms with Gasteiger partial charge in [-0.05, 0) is 12.5 Å². The molecule has 0 N–H and O–H groups in total. The summed E-state index contributed by atoms with van der Waals surface area (Å²) in [4.78, 5) is 28.7. The SMILES string of the molecule is Cc1ccc([C@H]2[C@@H](C(=O)N3CCSCC3)CC(=O)N2C)cc1. The molecule has 2 aliphatic heterocycles. The summed E-state index contributed by atoms with van der Waals surface area (Å²) in [5.74, 6) is 1.96. The second kappa shape index (κ2) is 6.32. The number of hydrogen-bond donors (Lipinski definition) is 0. The Balaban J connectivity index is 1.86. The molecule has 2 saturated heterocycles. The van der Waals surface area contributed by atoms with Crippen LogP contribution < -0.4 is 0 Å². The zero-order chi connectivity index (χ0) is 15.7. The Kier molecular flexibility index (Phi) is 4.43. The number of amides is 2. The molecule has 22 heavy (non-hydrogen) atoms. The maximum absolute atomic E-state index is 12.9. The predicted molar refractivity (Wildman–Crippen MR) is 88.7 cm³/mol. The van der Waals surface area contributed by atoms with E-state index in [4.69, 9.17) is 0 Å². The normalized spacial score (nSPS) is 25.6. The molecule has 0 saturated carbocycles. The van der Waals surface area contributed by atoms with Gasteiger partial charge in [-0.3, -0.25) is 9.59 Å². The van der Waals surface area contributed by atoms with Crippen molar-refractivity contribution < 1.29 is 9.59 Å². The van der Waals surface area contributed by atoms with Gasteiger partial charge in [-0.25, -0.2) is 0 Å². The molecular formula is C17H22N2O2S. The van der Waals surface area contributed by atoms with Crippen molar-refractivity contribution in [2.24, 2.45) is 5.92 Å². The minimum atomic E-state index is -0.247. The number of hydrogen-bond acceptors (Lipinski definition) is 3. The first-order chi connectivity index (χ1) is 10.6. The van der Waals surface area contributed by atoms with E-state index in [0.29, 0.717) is 6.42 Å². The lowest BCUT2D eigenvalue weighted by molar-refractivity contribution is -0.136. The van der Waals surface area contributed by atoms with Gasteiger partial charge in [0.2, 0.25) is 11.8 Å². The van der Waals surface area contributed by atoms with Crippen molar-refractivity contribution in [3.8, 4) is 0 Å². The minimum absolute atomic E-state index is 0.0651. The summed E-state index contributed by atoms with van der Waals surface area (Å²) in [6.45, 7) is 3.65. The van der Waals surface area contributed by atoms with Gasteiger partial charge in [0, 0.05) is 38.1 Å². The van der Waals surface area contributed by atoms with E-state index in [1.807, 2.05) is 54.9 Å². The first-order valence-electron chi connectivity index (χ1n) is 7.76. The maximum atomic E-state index is 12.9. The van der Waals surface area contributed by atoms with Crippen LogP contribution in [0.4, 0.5) is 0 Å². The van der Waals surface area contributed by atoms with E-state index in [9.17, 15) is 9.59 Å². The van der Waals surface area contributed by atoms with Crippen LogP contribution in [-0.4, -0.2) is 53.3 Å².